The van der Waals surface area contributed by atoms with Gasteiger partial charge in [-0.25, -0.2) is 57.5 Å². The third-order valence-corrected chi connectivity index (χ3v) is 17.1. The van der Waals surface area contributed by atoms with Crippen molar-refractivity contribution in [1.29, 1.82) is 0 Å². The SMILES string of the molecule is C=CC(=O)OCC(COCCCCOc1ccc(C(=O)Oc2ccc3c(c2)C(C)c2cc(OC(=O)c4ccc(OCCCCOCC(COC(=O)C=C)OC(=O)C=C)cc4)ccc2-3)cc1)OC(=O)C=C.C=CC(=O)OCC(COc1ccc(C(=O)Oc2ccc(OC(=O)c3ccc(OCC(COC(=O)C=C)OC(=O)C=C)cc3)c(C)c2)cc1)OC(=O)C=C. The van der Waals surface area contributed by atoms with Gasteiger partial charge in [-0.3, -0.25) is 0 Å². The summed E-state index contributed by atoms with van der Waals surface area (Å²) >= 11 is 0. The molecule has 0 fully saturated rings. The molecule has 644 valence electrons. The van der Waals surface area contributed by atoms with Gasteiger partial charge in [0.15, 0.2) is 24.4 Å². The van der Waals surface area contributed by atoms with Gasteiger partial charge in [0.25, 0.3) is 0 Å². The van der Waals surface area contributed by atoms with E-state index in [9.17, 15) is 57.5 Å². The van der Waals surface area contributed by atoms with Crippen LogP contribution in [0.1, 0.15) is 96.6 Å². The molecular weight excluding hydrogens is 1600 g/mol. The summed E-state index contributed by atoms with van der Waals surface area (Å²) in [6.45, 7) is 30.8. The molecule has 30 nitrogen and oxygen atoms in total. The first-order valence-electron chi connectivity index (χ1n) is 38.2. The fourth-order valence-corrected chi connectivity index (χ4v) is 10.8. The largest absolute Gasteiger partial charge is 0.494 e. The number of unbranched alkanes of at least 4 members (excludes halogenated alkanes) is 2. The zero-order valence-corrected chi connectivity index (χ0v) is 67.7. The Morgan fingerprint density at radius 1 is 0.293 bits per heavy atom. The molecule has 0 saturated carbocycles. The van der Waals surface area contributed by atoms with E-state index in [1.54, 1.807) is 67.6 Å². The van der Waals surface area contributed by atoms with Crippen LogP contribution in [0.4, 0.5) is 0 Å². The zero-order valence-electron chi connectivity index (χ0n) is 67.7. The smallest absolute Gasteiger partial charge is 0.343 e. The van der Waals surface area contributed by atoms with Crippen molar-refractivity contribution in [2.75, 3.05) is 79.3 Å². The Morgan fingerprint density at radius 2 is 0.553 bits per heavy atom. The van der Waals surface area contributed by atoms with Crippen molar-refractivity contribution >= 4 is 71.6 Å². The van der Waals surface area contributed by atoms with Crippen LogP contribution in [0.25, 0.3) is 11.1 Å². The van der Waals surface area contributed by atoms with Crippen LogP contribution in [-0.2, 0) is 85.7 Å². The van der Waals surface area contributed by atoms with E-state index >= 15 is 0 Å². The molecule has 0 N–H and O–H groups in total. The Morgan fingerprint density at radius 3 is 0.854 bits per heavy atom. The number of benzene rings is 7. The Kier molecular flexibility index (Phi) is 39.4. The van der Waals surface area contributed by atoms with E-state index in [0.29, 0.717) is 103 Å². The van der Waals surface area contributed by atoms with Crippen molar-refractivity contribution < 1.29 is 143 Å². The maximum Gasteiger partial charge on any atom is 0.343 e. The van der Waals surface area contributed by atoms with Crippen molar-refractivity contribution in [2.45, 2.75) is 69.9 Å². The topological polar surface area (TPSA) is 371 Å². The molecule has 7 aromatic rings. The standard InChI is InChI=1S/C54H56O16.C39H36O14/c1-6-49(55)65-34-43(67-51(57)8-3)32-61-26-10-12-28-63-39-18-14-37(15-19-39)53(59)69-41-22-24-45-46-25-23-42(31-48(46)36(5)47(45)30-41)70-54(60)38-16-20-40(21-17-38)64-29-13-11-27-62-33-44(68-52(58)9-4)35-66-50(56)7-2;1-6-34(40)48-23-31(50-36(42)8-3)21-46-28-14-10-26(11-15-28)38(44)52-30-18-19-33(25(5)20-30)53-39(45)27-12-16-29(17-13-27)47-22-32(51-37(43)9-4)24-49-35(41)7-2/h6-9,14-25,30-31,36,43-44H,1-4,10-13,26-29,32-35H2,5H3;6-20,31-32H,1-4,21-24H2,5H3. The van der Waals surface area contributed by atoms with E-state index < -0.39 is 96.0 Å². The maximum atomic E-state index is 13.1. The fraction of sp³-hybridized carbons (Fsp3) is 0.247. The number of esters is 12. The molecular formula is C93H92O30. The lowest BCUT2D eigenvalue weighted by Crippen LogP contribution is -2.30. The van der Waals surface area contributed by atoms with Crippen LogP contribution < -0.4 is 37.9 Å². The Bertz CT molecular complexity index is 4730. The molecule has 0 spiro atoms. The molecule has 4 unspecified atom stereocenters. The van der Waals surface area contributed by atoms with Crippen LogP contribution >= 0.6 is 0 Å². The maximum absolute atomic E-state index is 13.1. The highest BCUT2D eigenvalue weighted by atomic mass is 16.6. The van der Waals surface area contributed by atoms with Gasteiger partial charge in [-0.2, -0.15) is 0 Å². The van der Waals surface area contributed by atoms with Crippen LogP contribution in [0.5, 0.6) is 46.0 Å². The Hall–Kier alpha value is -14.8. The summed E-state index contributed by atoms with van der Waals surface area (Å²) < 4.78 is 96.9. The molecule has 1 aliphatic rings. The molecule has 0 heterocycles. The molecule has 0 saturated heterocycles. The van der Waals surface area contributed by atoms with Crippen molar-refractivity contribution in [3.63, 3.8) is 0 Å². The van der Waals surface area contributed by atoms with Gasteiger partial charge in [0.1, 0.15) is 85.6 Å². The molecule has 8 rings (SSSR count). The van der Waals surface area contributed by atoms with E-state index in [4.69, 9.17) is 85.3 Å². The van der Waals surface area contributed by atoms with Crippen LogP contribution in [0, 0.1) is 6.92 Å². The highest BCUT2D eigenvalue weighted by Crippen LogP contribution is 2.47. The minimum Gasteiger partial charge on any atom is -0.494 e. The predicted octanol–water partition coefficient (Wildman–Crippen LogP) is 13.1. The quantitative estimate of drug-likeness (QED) is 0.0112. The lowest BCUT2D eigenvalue weighted by Gasteiger charge is -2.17. The number of rotatable bonds is 50. The predicted molar refractivity (Wildman–Crippen MR) is 443 cm³/mol. The van der Waals surface area contributed by atoms with E-state index in [-0.39, 0.29) is 81.4 Å². The van der Waals surface area contributed by atoms with Gasteiger partial charge in [0, 0.05) is 67.7 Å². The minimum atomic E-state index is -0.925. The van der Waals surface area contributed by atoms with E-state index in [1.165, 1.54) is 66.7 Å². The first kappa shape index (κ1) is 95.4. The average molecular weight is 1690 g/mol. The lowest BCUT2D eigenvalue weighted by atomic mass is 9.99. The number of hydrogen-bond acceptors (Lipinski definition) is 30. The molecule has 0 aliphatic heterocycles. The summed E-state index contributed by atoms with van der Waals surface area (Å²) in [5, 5.41) is 0. The van der Waals surface area contributed by atoms with E-state index in [1.807, 2.05) is 31.2 Å². The van der Waals surface area contributed by atoms with Crippen LogP contribution in [-0.4, -0.2) is 175 Å². The summed E-state index contributed by atoms with van der Waals surface area (Å²) in [5.41, 5.74) is 5.53. The summed E-state index contributed by atoms with van der Waals surface area (Å²) in [7, 11) is 0. The fourth-order valence-electron chi connectivity index (χ4n) is 10.8. The number of carbonyl (C=O) groups excluding carboxylic acids is 12. The second-order valence-corrected chi connectivity index (χ2v) is 26.1. The summed E-state index contributed by atoms with van der Waals surface area (Å²) in [4.78, 5) is 144. The molecule has 0 aromatic heterocycles. The molecule has 30 heteroatoms. The Labute approximate surface area is 709 Å². The van der Waals surface area contributed by atoms with Gasteiger partial charge in [-0.05, 0) is 200 Å². The number of ether oxygens (including phenoxy) is 18. The van der Waals surface area contributed by atoms with Crippen molar-refractivity contribution in [1.82, 2.24) is 0 Å². The number of aryl methyl sites for hydroxylation is 1. The van der Waals surface area contributed by atoms with Crippen molar-refractivity contribution in [3.8, 4) is 57.1 Å². The first-order chi connectivity index (χ1) is 59.3. The number of carbonyl (C=O) groups is 12. The third kappa shape index (κ3) is 32.8. The molecule has 0 amide bonds. The molecule has 0 radical (unpaired) electrons. The molecule has 0 bridgehead atoms. The normalized spacial score (nSPS) is 12.2. The van der Waals surface area contributed by atoms with Crippen LogP contribution in [0.3, 0.4) is 0 Å². The molecule has 4 atom stereocenters. The second-order valence-electron chi connectivity index (χ2n) is 26.1. The van der Waals surface area contributed by atoms with Gasteiger partial charge in [-0.1, -0.05) is 71.7 Å². The van der Waals surface area contributed by atoms with Gasteiger partial charge < -0.3 is 85.3 Å². The van der Waals surface area contributed by atoms with Crippen LogP contribution in [0.2, 0.25) is 0 Å². The lowest BCUT2D eigenvalue weighted by molar-refractivity contribution is -0.156. The average Bonchev–Trinajstić information content (AvgIpc) is 1.61. The third-order valence-electron chi connectivity index (χ3n) is 17.1. The highest BCUT2D eigenvalue weighted by molar-refractivity contribution is 5.94. The minimum absolute atomic E-state index is 0.0331. The van der Waals surface area contributed by atoms with Crippen LogP contribution in [0.15, 0.2) is 253 Å². The van der Waals surface area contributed by atoms with E-state index in [0.717, 1.165) is 70.9 Å². The molecule has 123 heavy (non-hydrogen) atoms. The van der Waals surface area contributed by atoms with Gasteiger partial charge in [0.05, 0.1) is 48.7 Å². The van der Waals surface area contributed by atoms with Gasteiger partial charge in [0.2, 0.25) is 0 Å². The first-order valence-corrected chi connectivity index (χ1v) is 38.2. The van der Waals surface area contributed by atoms with Crippen molar-refractivity contribution in [3.05, 3.63) is 292 Å². The highest BCUT2D eigenvalue weighted by Gasteiger charge is 2.29. The van der Waals surface area contributed by atoms with Gasteiger partial charge in [-0.15, -0.1) is 0 Å². The molecule has 1 aliphatic carbocycles. The number of fused-ring (bicyclic) bond motifs is 3. The summed E-state index contributed by atoms with van der Waals surface area (Å²) in [6, 6.07) is 40.7. The summed E-state index contributed by atoms with van der Waals surface area (Å²) in [6.07, 6.45) is 7.14. The number of hydrogen-bond donors (Lipinski definition) is 0. The van der Waals surface area contributed by atoms with Crippen molar-refractivity contribution in [2.24, 2.45) is 0 Å². The second kappa shape index (κ2) is 50.9. The molecule has 7 aromatic carbocycles. The van der Waals surface area contributed by atoms with E-state index in [2.05, 4.69) is 52.6 Å². The zero-order chi connectivity index (χ0) is 89.0. The van der Waals surface area contributed by atoms with Gasteiger partial charge >= 0.3 is 71.6 Å². The monoisotopic (exact) mass is 1690 g/mol. The summed E-state index contributed by atoms with van der Waals surface area (Å²) in [5.74, 6) is -4.83. The Balaban J connectivity index is 0.000000352.